The predicted octanol–water partition coefficient (Wildman–Crippen LogP) is 0.704. The number of hydrogen-bond acceptors (Lipinski definition) is 6. The summed E-state index contributed by atoms with van der Waals surface area (Å²) in [6, 6.07) is 0.115. The summed E-state index contributed by atoms with van der Waals surface area (Å²) in [5.41, 5.74) is 0. The van der Waals surface area contributed by atoms with E-state index in [1.165, 1.54) is 0 Å². The van der Waals surface area contributed by atoms with Crippen molar-refractivity contribution in [2.75, 3.05) is 20.3 Å². The molecule has 1 aromatic rings. The van der Waals surface area contributed by atoms with Crippen LogP contribution in [0.2, 0.25) is 0 Å². The van der Waals surface area contributed by atoms with Gasteiger partial charge in [0.15, 0.2) is 5.82 Å². The van der Waals surface area contributed by atoms with Crippen molar-refractivity contribution >= 4 is 19.7 Å². The van der Waals surface area contributed by atoms with Crippen molar-refractivity contribution in [2.45, 2.75) is 30.6 Å². The topological polar surface area (TPSA) is 83.3 Å². The average molecular weight is 296 g/mol. The molecule has 0 spiro atoms. The van der Waals surface area contributed by atoms with Crippen molar-refractivity contribution in [2.24, 2.45) is 0 Å². The van der Waals surface area contributed by atoms with Crippen molar-refractivity contribution in [1.29, 1.82) is 0 Å². The van der Waals surface area contributed by atoms with Gasteiger partial charge in [0.2, 0.25) is 0 Å². The van der Waals surface area contributed by atoms with E-state index < -0.39 is 9.05 Å². The van der Waals surface area contributed by atoms with Gasteiger partial charge in [0, 0.05) is 23.8 Å². The first-order valence-electron chi connectivity index (χ1n) is 5.49. The lowest BCUT2D eigenvalue weighted by Crippen LogP contribution is -2.10. The highest BCUT2D eigenvalue weighted by atomic mass is 35.7. The Labute approximate surface area is 109 Å². The molecule has 1 aliphatic rings. The van der Waals surface area contributed by atoms with Crippen molar-refractivity contribution in [3.05, 3.63) is 5.82 Å². The van der Waals surface area contributed by atoms with Crippen LogP contribution >= 0.6 is 10.7 Å². The molecule has 0 bridgehead atoms. The molecule has 1 saturated carbocycles. The second-order valence-electron chi connectivity index (χ2n) is 3.98. The smallest absolute Gasteiger partial charge is 0.296 e. The molecular formula is C9H14ClN3O4S. The van der Waals surface area contributed by atoms with Crippen molar-refractivity contribution in [3.8, 4) is 0 Å². The zero-order valence-electron chi connectivity index (χ0n) is 9.87. The number of ether oxygens (including phenoxy) is 2. The molecule has 2 rings (SSSR count). The van der Waals surface area contributed by atoms with Crippen LogP contribution in [-0.2, 0) is 25.1 Å². The van der Waals surface area contributed by atoms with Crippen LogP contribution in [0.4, 0.5) is 0 Å². The van der Waals surface area contributed by atoms with Crippen LogP contribution in [0, 0.1) is 0 Å². The maximum Gasteiger partial charge on any atom is 0.296 e. The molecule has 1 fully saturated rings. The number of aromatic nitrogens is 3. The fourth-order valence-corrected chi connectivity index (χ4v) is 2.52. The first-order valence-corrected chi connectivity index (χ1v) is 7.80. The molecule has 18 heavy (non-hydrogen) atoms. The van der Waals surface area contributed by atoms with Crippen LogP contribution in [-0.4, -0.2) is 43.5 Å². The van der Waals surface area contributed by atoms with Gasteiger partial charge in [0.1, 0.15) is 6.61 Å². The summed E-state index contributed by atoms with van der Waals surface area (Å²) in [5, 5.41) is 7.26. The lowest BCUT2D eigenvalue weighted by Gasteiger charge is -2.07. The van der Waals surface area contributed by atoms with Gasteiger partial charge < -0.3 is 9.47 Å². The molecule has 0 aliphatic heterocycles. The fourth-order valence-electron chi connectivity index (χ4n) is 1.58. The second kappa shape index (κ2) is 5.52. The molecule has 0 unspecified atom stereocenters. The van der Waals surface area contributed by atoms with E-state index in [1.54, 1.807) is 11.7 Å². The van der Waals surface area contributed by atoms with Gasteiger partial charge in [-0.05, 0) is 12.8 Å². The second-order valence-corrected chi connectivity index (χ2v) is 6.44. The summed E-state index contributed by atoms with van der Waals surface area (Å²) < 4.78 is 34.4. The monoisotopic (exact) mass is 295 g/mol. The van der Waals surface area contributed by atoms with Gasteiger partial charge >= 0.3 is 0 Å². The molecule has 102 valence electrons. The highest BCUT2D eigenvalue weighted by Gasteiger charge is 2.33. The van der Waals surface area contributed by atoms with E-state index >= 15 is 0 Å². The van der Waals surface area contributed by atoms with Crippen LogP contribution in [0.25, 0.3) is 0 Å². The predicted molar refractivity (Wildman–Crippen MR) is 62.9 cm³/mol. The molecule has 1 heterocycles. The largest absolute Gasteiger partial charge is 0.382 e. The molecule has 1 aliphatic carbocycles. The molecule has 7 nitrogen and oxygen atoms in total. The summed E-state index contributed by atoms with van der Waals surface area (Å²) in [6.45, 7) is 1.08. The van der Waals surface area contributed by atoms with Crippen molar-refractivity contribution in [3.63, 3.8) is 0 Å². The SMILES string of the molecule is COCCOCc1nnc(S(=O)(=O)Cl)n1C1CC1. The third-order valence-electron chi connectivity index (χ3n) is 2.53. The van der Waals surface area contributed by atoms with Gasteiger partial charge in [0.25, 0.3) is 14.2 Å². The Bertz CT molecular complexity index is 512. The third kappa shape index (κ3) is 3.19. The van der Waals surface area contributed by atoms with E-state index in [9.17, 15) is 8.42 Å². The van der Waals surface area contributed by atoms with Crippen LogP contribution in [0.1, 0.15) is 24.7 Å². The number of halogens is 1. The Hall–Kier alpha value is -0.700. The first-order chi connectivity index (χ1) is 8.54. The van der Waals surface area contributed by atoms with E-state index in [0.717, 1.165) is 12.8 Å². The Balaban J connectivity index is 2.13. The lowest BCUT2D eigenvalue weighted by atomic mass is 10.5. The van der Waals surface area contributed by atoms with Crippen molar-refractivity contribution in [1.82, 2.24) is 14.8 Å². The summed E-state index contributed by atoms with van der Waals surface area (Å²) >= 11 is 0. The summed E-state index contributed by atoms with van der Waals surface area (Å²) in [4.78, 5) is 0. The molecule has 0 aromatic carbocycles. The molecule has 0 atom stereocenters. The van der Waals surface area contributed by atoms with E-state index in [2.05, 4.69) is 10.2 Å². The number of hydrogen-bond donors (Lipinski definition) is 0. The highest BCUT2D eigenvalue weighted by Crippen LogP contribution is 2.38. The van der Waals surface area contributed by atoms with E-state index in [-0.39, 0.29) is 17.8 Å². The zero-order chi connectivity index (χ0) is 13.2. The maximum atomic E-state index is 11.4. The van der Waals surface area contributed by atoms with E-state index in [4.69, 9.17) is 20.2 Å². The molecule has 0 saturated heterocycles. The van der Waals surface area contributed by atoms with Crippen LogP contribution < -0.4 is 0 Å². The molecular weight excluding hydrogens is 282 g/mol. The summed E-state index contributed by atoms with van der Waals surface area (Å²) in [7, 11) is 3.03. The third-order valence-corrected chi connectivity index (χ3v) is 3.66. The van der Waals surface area contributed by atoms with Gasteiger partial charge in [-0.25, -0.2) is 8.42 Å². The van der Waals surface area contributed by atoms with E-state index in [0.29, 0.717) is 19.0 Å². The Morgan fingerprint density at radius 3 is 2.67 bits per heavy atom. The Kier molecular flexibility index (Phi) is 4.21. The van der Waals surface area contributed by atoms with E-state index in [1.807, 2.05) is 0 Å². The van der Waals surface area contributed by atoms with Gasteiger partial charge in [-0.2, -0.15) is 0 Å². The van der Waals surface area contributed by atoms with Crippen molar-refractivity contribution < 1.29 is 17.9 Å². The molecule has 0 amide bonds. The number of rotatable bonds is 7. The lowest BCUT2D eigenvalue weighted by molar-refractivity contribution is 0.0569. The molecule has 0 radical (unpaired) electrons. The summed E-state index contributed by atoms with van der Waals surface area (Å²) in [5.74, 6) is 0.479. The minimum absolute atomic E-state index is 0.115. The normalized spacial score (nSPS) is 16.1. The average Bonchev–Trinajstić information content (AvgIpc) is 3.04. The zero-order valence-corrected chi connectivity index (χ0v) is 11.4. The van der Waals surface area contributed by atoms with Crippen LogP contribution in [0.15, 0.2) is 5.16 Å². The quantitative estimate of drug-likeness (QED) is 0.544. The highest BCUT2D eigenvalue weighted by molar-refractivity contribution is 8.13. The maximum absolute atomic E-state index is 11.4. The van der Waals surface area contributed by atoms with Gasteiger partial charge in [-0.1, -0.05) is 0 Å². The fraction of sp³-hybridized carbons (Fsp3) is 0.778. The summed E-state index contributed by atoms with van der Waals surface area (Å²) in [6.07, 6.45) is 1.81. The molecule has 1 aromatic heterocycles. The Morgan fingerprint density at radius 2 is 2.11 bits per heavy atom. The molecule has 9 heteroatoms. The van der Waals surface area contributed by atoms with Gasteiger partial charge in [0.05, 0.1) is 13.2 Å². The number of nitrogens with zero attached hydrogens (tertiary/aromatic N) is 3. The standard InChI is InChI=1S/C9H14ClN3O4S/c1-16-4-5-17-6-8-11-12-9(18(10,14)15)13(8)7-2-3-7/h7H,2-6H2,1H3. The Morgan fingerprint density at radius 1 is 1.39 bits per heavy atom. The first kappa shape index (κ1) is 13.7. The van der Waals surface area contributed by atoms with Gasteiger partial charge in [-0.15, -0.1) is 10.2 Å². The van der Waals surface area contributed by atoms with Crippen LogP contribution in [0.5, 0.6) is 0 Å². The van der Waals surface area contributed by atoms with Gasteiger partial charge in [-0.3, -0.25) is 4.57 Å². The number of methoxy groups -OCH3 is 1. The molecule has 0 N–H and O–H groups in total. The van der Waals surface area contributed by atoms with Crippen LogP contribution in [0.3, 0.4) is 0 Å². The minimum Gasteiger partial charge on any atom is -0.382 e. The minimum atomic E-state index is -3.87.